The lowest BCUT2D eigenvalue weighted by atomic mass is 9.41. The quantitative estimate of drug-likeness (QED) is 0.770. The van der Waals surface area contributed by atoms with Crippen molar-refractivity contribution in [3.8, 4) is 0 Å². The average Bonchev–Trinajstić information content (AvgIpc) is 2.59. The molecule has 3 aliphatic rings. The summed E-state index contributed by atoms with van der Waals surface area (Å²) in [4.78, 5) is 12.6. The molecule has 0 bridgehead atoms. The molecule has 24 heavy (non-hydrogen) atoms. The molecule has 0 aromatic carbocycles. The molecule has 1 unspecified atom stereocenters. The van der Waals surface area contributed by atoms with E-state index in [9.17, 15) is 15.0 Å². The van der Waals surface area contributed by atoms with Gasteiger partial charge in [0.2, 0.25) is 0 Å². The summed E-state index contributed by atoms with van der Waals surface area (Å²) >= 11 is 0. The van der Waals surface area contributed by atoms with E-state index in [0.29, 0.717) is 24.0 Å². The number of aliphatic hydroxyl groups is 2. The molecule has 3 fully saturated rings. The second-order valence-corrected chi connectivity index (χ2v) is 8.83. The minimum atomic E-state index is -0.404. The number of carbonyl (C=O) groups excluding carboxylic acids is 1. The summed E-state index contributed by atoms with van der Waals surface area (Å²) in [6.45, 7) is 6.31. The van der Waals surface area contributed by atoms with Crippen molar-refractivity contribution in [3.05, 3.63) is 12.2 Å². The van der Waals surface area contributed by atoms with E-state index < -0.39 is 6.10 Å². The smallest absolute Gasteiger partial charge is 0.142 e. The van der Waals surface area contributed by atoms with Crippen molar-refractivity contribution < 1.29 is 15.0 Å². The number of hydrogen-bond donors (Lipinski definition) is 2. The van der Waals surface area contributed by atoms with Gasteiger partial charge in [-0.15, -0.1) is 0 Å². The van der Waals surface area contributed by atoms with Crippen LogP contribution < -0.4 is 0 Å². The zero-order valence-corrected chi connectivity index (χ0v) is 15.4. The predicted molar refractivity (Wildman–Crippen MR) is 95.4 cm³/mol. The van der Waals surface area contributed by atoms with Crippen LogP contribution in [0.3, 0.4) is 0 Å². The highest BCUT2D eigenvalue weighted by molar-refractivity contribution is 5.94. The van der Waals surface area contributed by atoms with Gasteiger partial charge in [0.25, 0.3) is 0 Å². The normalized spacial score (nSPS) is 42.2. The van der Waals surface area contributed by atoms with Crippen LogP contribution in [-0.2, 0) is 4.79 Å². The van der Waals surface area contributed by atoms with Gasteiger partial charge in [0.1, 0.15) is 5.78 Å². The summed E-state index contributed by atoms with van der Waals surface area (Å²) in [7, 11) is 0. The molecule has 0 saturated heterocycles. The largest absolute Gasteiger partial charge is 0.393 e. The molecule has 0 heterocycles. The summed E-state index contributed by atoms with van der Waals surface area (Å²) < 4.78 is 0. The molecule has 0 aliphatic heterocycles. The second-order valence-electron chi connectivity index (χ2n) is 8.83. The van der Waals surface area contributed by atoms with E-state index in [2.05, 4.69) is 13.8 Å². The van der Waals surface area contributed by atoms with Crippen molar-refractivity contribution in [2.45, 2.75) is 77.9 Å². The molecule has 136 valence electrons. The zero-order valence-electron chi connectivity index (χ0n) is 15.4. The highest BCUT2D eigenvalue weighted by Crippen LogP contribution is 2.62. The van der Waals surface area contributed by atoms with E-state index >= 15 is 0 Å². The molecule has 3 nitrogen and oxygen atoms in total. The van der Waals surface area contributed by atoms with E-state index in [1.54, 1.807) is 0 Å². The summed E-state index contributed by atoms with van der Waals surface area (Å²) in [5, 5.41) is 21.1. The van der Waals surface area contributed by atoms with Crippen LogP contribution >= 0.6 is 0 Å². The summed E-state index contributed by atoms with van der Waals surface area (Å²) in [6, 6.07) is 0. The highest BCUT2D eigenvalue weighted by atomic mass is 16.3. The van der Waals surface area contributed by atoms with Crippen LogP contribution in [0.2, 0.25) is 0 Å². The van der Waals surface area contributed by atoms with Crippen LogP contribution in [-0.4, -0.2) is 28.2 Å². The molecule has 3 rings (SSSR count). The first-order valence-electron chi connectivity index (χ1n) is 9.98. The molecule has 0 spiro atoms. The fourth-order valence-corrected chi connectivity index (χ4v) is 5.97. The van der Waals surface area contributed by atoms with Gasteiger partial charge in [0.05, 0.1) is 12.2 Å². The molecule has 3 saturated carbocycles. The number of Topliss-reactive ketones (excluding diaryl/α,β-unsaturated/α-hetero) is 1. The maximum Gasteiger partial charge on any atom is 0.142 e. The van der Waals surface area contributed by atoms with E-state index in [0.717, 1.165) is 19.3 Å². The maximum atomic E-state index is 12.6. The predicted octanol–water partition coefficient (Wildman–Crippen LogP) is 3.73. The summed E-state index contributed by atoms with van der Waals surface area (Å²) in [6.07, 6.45) is 10.6. The SMILES string of the molecule is CC1C(=O)[C@]2(C(C)C)CC[C@H](O)[C@@H](/C=C/[C@@H](O)C3CCCCC3)[C@H]12. The van der Waals surface area contributed by atoms with Gasteiger partial charge >= 0.3 is 0 Å². The molecule has 0 aromatic rings. The summed E-state index contributed by atoms with van der Waals surface area (Å²) in [5.74, 6) is 1.34. The Labute approximate surface area is 146 Å². The Balaban J connectivity index is 1.75. The molecule has 0 radical (unpaired) electrons. The molecule has 2 N–H and O–H groups in total. The van der Waals surface area contributed by atoms with E-state index in [-0.39, 0.29) is 29.3 Å². The van der Waals surface area contributed by atoms with Gasteiger partial charge in [-0.2, -0.15) is 0 Å². The Morgan fingerprint density at radius 2 is 1.83 bits per heavy atom. The second kappa shape index (κ2) is 6.92. The zero-order chi connectivity index (χ0) is 17.5. The van der Waals surface area contributed by atoms with Crippen molar-refractivity contribution in [1.82, 2.24) is 0 Å². The monoisotopic (exact) mass is 334 g/mol. The Kier molecular flexibility index (Phi) is 5.22. The van der Waals surface area contributed by atoms with Gasteiger partial charge in [0, 0.05) is 17.3 Å². The minimum absolute atomic E-state index is 0.00657. The molecular formula is C21H34O3. The summed E-state index contributed by atoms with van der Waals surface area (Å²) in [5.41, 5.74) is -0.247. The lowest BCUT2D eigenvalue weighted by Gasteiger charge is -2.61. The van der Waals surface area contributed by atoms with Crippen LogP contribution in [0.1, 0.15) is 65.7 Å². The number of aliphatic hydroxyl groups excluding tert-OH is 2. The standard InChI is InChI=1S/C21H34O3/c1-13(2)21-12-11-18(23)16(19(21)14(3)20(21)24)9-10-17(22)15-7-5-4-6-8-15/h9-10,13-19,22-23H,4-8,11-12H2,1-3H3/b10-9+/t14?,16-,17-,18+,19+,21+/m1/s1. The van der Waals surface area contributed by atoms with Crippen LogP contribution in [0, 0.1) is 35.0 Å². The van der Waals surface area contributed by atoms with Crippen LogP contribution in [0.5, 0.6) is 0 Å². The first kappa shape index (κ1) is 18.1. The number of hydrogen-bond acceptors (Lipinski definition) is 3. The van der Waals surface area contributed by atoms with Crippen molar-refractivity contribution in [1.29, 1.82) is 0 Å². The van der Waals surface area contributed by atoms with Gasteiger partial charge in [-0.1, -0.05) is 52.2 Å². The average molecular weight is 335 g/mol. The van der Waals surface area contributed by atoms with Crippen molar-refractivity contribution in [3.63, 3.8) is 0 Å². The fraction of sp³-hybridized carbons (Fsp3) is 0.857. The molecule has 3 heteroatoms. The van der Waals surface area contributed by atoms with Gasteiger partial charge in [-0.3, -0.25) is 4.79 Å². The third-order valence-corrected chi connectivity index (χ3v) is 7.41. The molecule has 3 aliphatic carbocycles. The Morgan fingerprint density at radius 3 is 2.46 bits per heavy atom. The number of fused-ring (bicyclic) bond motifs is 1. The van der Waals surface area contributed by atoms with Gasteiger partial charge in [-0.05, 0) is 43.4 Å². The highest BCUT2D eigenvalue weighted by Gasteiger charge is 2.65. The maximum absolute atomic E-state index is 12.6. The van der Waals surface area contributed by atoms with Gasteiger partial charge < -0.3 is 10.2 Å². The molecule has 0 amide bonds. The lowest BCUT2D eigenvalue weighted by molar-refractivity contribution is -0.182. The topological polar surface area (TPSA) is 57.5 Å². The first-order chi connectivity index (χ1) is 11.4. The Hall–Kier alpha value is -0.670. The number of rotatable bonds is 4. The van der Waals surface area contributed by atoms with Crippen LogP contribution in [0.4, 0.5) is 0 Å². The molecular weight excluding hydrogens is 300 g/mol. The molecule has 6 atom stereocenters. The minimum Gasteiger partial charge on any atom is -0.393 e. The van der Waals surface area contributed by atoms with Gasteiger partial charge in [0.15, 0.2) is 0 Å². The van der Waals surface area contributed by atoms with Crippen molar-refractivity contribution in [2.75, 3.05) is 0 Å². The van der Waals surface area contributed by atoms with Crippen molar-refractivity contribution in [2.24, 2.45) is 35.0 Å². The molecule has 0 aromatic heterocycles. The van der Waals surface area contributed by atoms with Gasteiger partial charge in [-0.25, -0.2) is 0 Å². The van der Waals surface area contributed by atoms with E-state index in [4.69, 9.17) is 0 Å². The first-order valence-corrected chi connectivity index (χ1v) is 9.98. The van der Waals surface area contributed by atoms with Crippen LogP contribution in [0.15, 0.2) is 12.2 Å². The van der Waals surface area contributed by atoms with E-state index in [1.165, 1.54) is 19.3 Å². The number of carbonyl (C=O) groups is 1. The number of ketones is 1. The third-order valence-electron chi connectivity index (χ3n) is 7.41. The Morgan fingerprint density at radius 1 is 1.17 bits per heavy atom. The third kappa shape index (κ3) is 2.78. The Bertz CT molecular complexity index is 491. The van der Waals surface area contributed by atoms with Crippen molar-refractivity contribution >= 4 is 5.78 Å². The van der Waals surface area contributed by atoms with E-state index in [1.807, 2.05) is 19.1 Å². The lowest BCUT2D eigenvalue weighted by Crippen LogP contribution is -2.65. The fourth-order valence-electron chi connectivity index (χ4n) is 5.97. The van der Waals surface area contributed by atoms with Crippen LogP contribution in [0.25, 0.3) is 0 Å².